The van der Waals surface area contributed by atoms with E-state index in [9.17, 15) is 0 Å². The van der Waals surface area contributed by atoms with Crippen molar-refractivity contribution in [3.05, 3.63) is 23.8 Å². The SMILES string of the molecule is CNc1cccc(C#N)c1NC. The summed E-state index contributed by atoms with van der Waals surface area (Å²) in [5.41, 5.74) is 2.45. The molecule has 0 aromatic heterocycles. The predicted octanol–water partition coefficient (Wildman–Crippen LogP) is 1.64. The van der Waals surface area contributed by atoms with Crippen LogP contribution in [0.1, 0.15) is 5.56 Å². The van der Waals surface area contributed by atoms with Crippen molar-refractivity contribution < 1.29 is 0 Å². The van der Waals surface area contributed by atoms with E-state index in [-0.39, 0.29) is 0 Å². The minimum absolute atomic E-state index is 0.657. The zero-order chi connectivity index (χ0) is 8.97. The number of nitriles is 1. The minimum Gasteiger partial charge on any atom is -0.386 e. The molecule has 0 saturated heterocycles. The Hall–Kier alpha value is -1.69. The van der Waals surface area contributed by atoms with Crippen LogP contribution in [0.25, 0.3) is 0 Å². The first-order valence-electron chi connectivity index (χ1n) is 3.72. The summed E-state index contributed by atoms with van der Waals surface area (Å²) in [4.78, 5) is 0. The fourth-order valence-electron chi connectivity index (χ4n) is 1.12. The number of rotatable bonds is 2. The summed E-state index contributed by atoms with van der Waals surface area (Å²) >= 11 is 0. The lowest BCUT2D eigenvalue weighted by molar-refractivity contribution is 1.41. The minimum atomic E-state index is 0.657. The van der Waals surface area contributed by atoms with Crippen LogP contribution in [0.15, 0.2) is 18.2 Å². The van der Waals surface area contributed by atoms with Crippen molar-refractivity contribution in [3.8, 4) is 6.07 Å². The van der Waals surface area contributed by atoms with E-state index in [1.807, 2.05) is 19.2 Å². The van der Waals surface area contributed by atoms with Gasteiger partial charge in [-0.2, -0.15) is 5.26 Å². The molecule has 0 aliphatic heterocycles. The third-order valence-corrected chi connectivity index (χ3v) is 1.70. The number of hydrogen-bond acceptors (Lipinski definition) is 3. The number of nitrogens with one attached hydrogen (secondary N) is 2. The van der Waals surface area contributed by atoms with Crippen molar-refractivity contribution in [1.82, 2.24) is 0 Å². The molecule has 0 bridgehead atoms. The Labute approximate surface area is 72.0 Å². The van der Waals surface area contributed by atoms with E-state index in [2.05, 4.69) is 16.7 Å². The normalized spacial score (nSPS) is 8.75. The van der Waals surface area contributed by atoms with E-state index in [0.717, 1.165) is 11.4 Å². The van der Waals surface area contributed by atoms with E-state index >= 15 is 0 Å². The molecule has 0 saturated carbocycles. The molecule has 0 unspecified atom stereocenters. The van der Waals surface area contributed by atoms with Gasteiger partial charge in [0.1, 0.15) is 6.07 Å². The maximum absolute atomic E-state index is 8.75. The first-order chi connectivity index (χ1) is 5.83. The monoisotopic (exact) mass is 161 g/mol. The van der Waals surface area contributed by atoms with Crippen LogP contribution in [-0.4, -0.2) is 14.1 Å². The van der Waals surface area contributed by atoms with Crippen LogP contribution in [0.3, 0.4) is 0 Å². The van der Waals surface area contributed by atoms with Crippen LogP contribution >= 0.6 is 0 Å². The Morgan fingerprint density at radius 2 is 2.00 bits per heavy atom. The second-order valence-corrected chi connectivity index (χ2v) is 2.34. The molecule has 12 heavy (non-hydrogen) atoms. The molecule has 0 atom stereocenters. The number of para-hydroxylation sites is 1. The molecule has 0 spiro atoms. The van der Waals surface area contributed by atoms with Crippen molar-refractivity contribution >= 4 is 11.4 Å². The Bertz CT molecular complexity index is 312. The average molecular weight is 161 g/mol. The molecule has 0 amide bonds. The maximum Gasteiger partial charge on any atom is 0.101 e. The van der Waals surface area contributed by atoms with Gasteiger partial charge < -0.3 is 10.6 Å². The summed E-state index contributed by atoms with van der Waals surface area (Å²) in [6.45, 7) is 0. The summed E-state index contributed by atoms with van der Waals surface area (Å²) in [6.07, 6.45) is 0. The summed E-state index contributed by atoms with van der Waals surface area (Å²) < 4.78 is 0. The van der Waals surface area contributed by atoms with E-state index in [4.69, 9.17) is 5.26 Å². The maximum atomic E-state index is 8.75. The molecule has 62 valence electrons. The molecule has 2 N–H and O–H groups in total. The number of anilines is 2. The average Bonchev–Trinajstić information content (AvgIpc) is 2.16. The Balaban J connectivity index is 3.24. The Morgan fingerprint density at radius 3 is 2.50 bits per heavy atom. The van der Waals surface area contributed by atoms with Gasteiger partial charge in [-0.05, 0) is 12.1 Å². The van der Waals surface area contributed by atoms with Gasteiger partial charge in [-0.15, -0.1) is 0 Å². The summed E-state index contributed by atoms with van der Waals surface area (Å²) in [6, 6.07) is 7.68. The number of nitrogens with zero attached hydrogens (tertiary/aromatic N) is 1. The van der Waals surface area contributed by atoms with Crippen LogP contribution < -0.4 is 10.6 Å². The van der Waals surface area contributed by atoms with Gasteiger partial charge in [0.05, 0.1) is 16.9 Å². The fourth-order valence-corrected chi connectivity index (χ4v) is 1.12. The van der Waals surface area contributed by atoms with Crippen LogP contribution in [0.5, 0.6) is 0 Å². The van der Waals surface area contributed by atoms with E-state index in [1.165, 1.54) is 0 Å². The highest BCUT2D eigenvalue weighted by molar-refractivity contribution is 5.74. The fraction of sp³-hybridized carbons (Fsp3) is 0.222. The quantitative estimate of drug-likeness (QED) is 0.693. The summed E-state index contributed by atoms with van der Waals surface area (Å²) in [5.74, 6) is 0. The third kappa shape index (κ3) is 1.32. The smallest absolute Gasteiger partial charge is 0.101 e. The first-order valence-corrected chi connectivity index (χ1v) is 3.72. The standard InChI is InChI=1S/C9H11N3/c1-11-8-5-3-4-7(6-10)9(8)12-2/h3-5,11-12H,1-2H3. The van der Waals surface area contributed by atoms with Crippen molar-refractivity contribution in [2.24, 2.45) is 0 Å². The molecule has 0 fully saturated rings. The molecule has 0 aliphatic rings. The van der Waals surface area contributed by atoms with Gasteiger partial charge in [-0.25, -0.2) is 0 Å². The summed E-state index contributed by atoms with van der Waals surface area (Å²) in [7, 11) is 3.63. The molecule has 1 aromatic carbocycles. The molecule has 1 rings (SSSR count). The van der Waals surface area contributed by atoms with Gasteiger partial charge >= 0.3 is 0 Å². The molecular weight excluding hydrogens is 150 g/mol. The van der Waals surface area contributed by atoms with Gasteiger partial charge in [0.2, 0.25) is 0 Å². The van der Waals surface area contributed by atoms with Crippen LogP contribution in [0.2, 0.25) is 0 Å². The molecule has 3 nitrogen and oxygen atoms in total. The first kappa shape index (κ1) is 8.41. The van der Waals surface area contributed by atoms with Gasteiger partial charge in [0.25, 0.3) is 0 Å². The lowest BCUT2D eigenvalue weighted by Gasteiger charge is -2.09. The number of hydrogen-bond donors (Lipinski definition) is 2. The van der Waals surface area contributed by atoms with Gasteiger partial charge in [-0.1, -0.05) is 6.07 Å². The van der Waals surface area contributed by atoms with E-state index in [1.54, 1.807) is 13.1 Å². The molecule has 0 radical (unpaired) electrons. The highest BCUT2D eigenvalue weighted by Gasteiger charge is 2.03. The highest BCUT2D eigenvalue weighted by Crippen LogP contribution is 2.24. The summed E-state index contributed by atoms with van der Waals surface area (Å²) in [5, 5.41) is 14.7. The van der Waals surface area contributed by atoms with Crippen molar-refractivity contribution in [1.29, 1.82) is 5.26 Å². The van der Waals surface area contributed by atoms with E-state index < -0.39 is 0 Å². The van der Waals surface area contributed by atoms with Gasteiger partial charge in [0, 0.05) is 14.1 Å². The van der Waals surface area contributed by atoms with Crippen molar-refractivity contribution in [2.45, 2.75) is 0 Å². The molecule has 1 aromatic rings. The van der Waals surface area contributed by atoms with Crippen molar-refractivity contribution in [3.63, 3.8) is 0 Å². The second kappa shape index (κ2) is 3.63. The van der Waals surface area contributed by atoms with Crippen molar-refractivity contribution in [2.75, 3.05) is 24.7 Å². The van der Waals surface area contributed by atoms with Crippen LogP contribution in [0.4, 0.5) is 11.4 Å². The third-order valence-electron chi connectivity index (χ3n) is 1.70. The van der Waals surface area contributed by atoms with Crippen LogP contribution in [-0.2, 0) is 0 Å². The Morgan fingerprint density at radius 1 is 1.25 bits per heavy atom. The zero-order valence-corrected chi connectivity index (χ0v) is 7.18. The van der Waals surface area contributed by atoms with Gasteiger partial charge in [0.15, 0.2) is 0 Å². The molecular formula is C9H11N3. The topological polar surface area (TPSA) is 47.9 Å². The largest absolute Gasteiger partial charge is 0.386 e. The molecule has 3 heteroatoms. The highest BCUT2D eigenvalue weighted by atomic mass is 14.9. The second-order valence-electron chi connectivity index (χ2n) is 2.34. The molecule has 0 aliphatic carbocycles. The lowest BCUT2D eigenvalue weighted by Crippen LogP contribution is -1.98. The predicted molar refractivity (Wildman–Crippen MR) is 50.3 cm³/mol. The molecule has 0 heterocycles. The Kier molecular flexibility index (Phi) is 2.54. The number of benzene rings is 1. The van der Waals surface area contributed by atoms with Crippen LogP contribution in [0, 0.1) is 11.3 Å². The van der Waals surface area contributed by atoms with E-state index in [0.29, 0.717) is 5.56 Å². The lowest BCUT2D eigenvalue weighted by atomic mass is 10.1. The van der Waals surface area contributed by atoms with Gasteiger partial charge in [-0.3, -0.25) is 0 Å². The zero-order valence-electron chi connectivity index (χ0n) is 7.18.